The maximum atomic E-state index is 14.6. The van der Waals surface area contributed by atoms with Crippen molar-refractivity contribution >= 4 is 17.3 Å². The molecule has 3 rings (SSSR count). The number of rotatable bonds is 3. The fraction of sp³-hybridized carbons (Fsp3) is 0.235. The van der Waals surface area contributed by atoms with E-state index in [9.17, 15) is 13.6 Å². The van der Waals surface area contributed by atoms with Crippen molar-refractivity contribution in [3.05, 3.63) is 59.4 Å². The zero-order valence-corrected chi connectivity index (χ0v) is 12.8. The molecule has 0 bridgehead atoms. The molecule has 1 amide bonds. The predicted molar refractivity (Wildman–Crippen MR) is 86.7 cm³/mol. The maximum Gasteiger partial charge on any atom is 0.249 e. The number of hydrogen-bond donors (Lipinski definition) is 2. The third kappa shape index (κ3) is 2.90. The number of hydrogen-bond acceptors (Lipinski definition) is 4. The van der Waals surface area contributed by atoms with Gasteiger partial charge in [-0.25, -0.2) is 8.78 Å². The van der Waals surface area contributed by atoms with Gasteiger partial charge in [0, 0.05) is 11.3 Å². The summed E-state index contributed by atoms with van der Waals surface area (Å²) in [6.07, 6.45) is -1.46. The van der Waals surface area contributed by atoms with Crippen LogP contribution in [-0.4, -0.2) is 25.4 Å². The fourth-order valence-corrected chi connectivity index (χ4v) is 2.92. The van der Waals surface area contributed by atoms with Gasteiger partial charge in [0.05, 0.1) is 24.9 Å². The van der Waals surface area contributed by atoms with E-state index >= 15 is 0 Å². The van der Waals surface area contributed by atoms with Crippen LogP contribution in [0.15, 0.2) is 42.5 Å². The second-order valence-electron chi connectivity index (χ2n) is 5.55. The van der Waals surface area contributed by atoms with Crippen molar-refractivity contribution < 1.29 is 18.3 Å². The second kappa shape index (κ2) is 6.45. The van der Waals surface area contributed by atoms with Crippen LogP contribution in [0.25, 0.3) is 0 Å². The molecule has 1 saturated heterocycles. The van der Waals surface area contributed by atoms with E-state index in [0.29, 0.717) is 16.8 Å². The minimum atomic E-state index is -1.46. The SMILES string of the molecule is NC(=O)c1ccccc1C1COCC(F)N1c1ccc(F)c(N)c1. The van der Waals surface area contributed by atoms with Crippen molar-refractivity contribution in [3.8, 4) is 0 Å². The summed E-state index contributed by atoms with van der Waals surface area (Å²) < 4.78 is 33.3. The number of anilines is 2. The summed E-state index contributed by atoms with van der Waals surface area (Å²) in [4.78, 5) is 13.1. The first-order valence-corrected chi connectivity index (χ1v) is 7.43. The van der Waals surface area contributed by atoms with Crippen LogP contribution in [0.1, 0.15) is 22.0 Å². The van der Waals surface area contributed by atoms with Gasteiger partial charge in [-0.15, -0.1) is 0 Å². The number of amides is 1. The highest BCUT2D eigenvalue weighted by Crippen LogP contribution is 2.35. The topological polar surface area (TPSA) is 81.6 Å². The summed E-state index contributed by atoms with van der Waals surface area (Å²) in [5, 5.41) is 0. The molecule has 2 aromatic carbocycles. The molecule has 0 aliphatic carbocycles. The molecule has 2 unspecified atom stereocenters. The Hall–Kier alpha value is -2.67. The quantitative estimate of drug-likeness (QED) is 0.667. The van der Waals surface area contributed by atoms with Crippen molar-refractivity contribution in [3.63, 3.8) is 0 Å². The second-order valence-corrected chi connectivity index (χ2v) is 5.55. The Morgan fingerprint density at radius 2 is 1.96 bits per heavy atom. The summed E-state index contributed by atoms with van der Waals surface area (Å²) in [6, 6.07) is 10.1. The Balaban J connectivity index is 2.08. The minimum Gasteiger partial charge on any atom is -0.396 e. The Labute approximate surface area is 137 Å². The fourth-order valence-electron chi connectivity index (χ4n) is 2.92. The molecule has 7 heteroatoms. The number of carbonyl (C=O) groups excluding carboxylic acids is 1. The molecule has 2 aromatic rings. The van der Waals surface area contributed by atoms with Crippen molar-refractivity contribution in [2.75, 3.05) is 23.8 Å². The van der Waals surface area contributed by atoms with E-state index in [1.54, 1.807) is 24.3 Å². The number of nitrogen functional groups attached to an aromatic ring is 1. The first-order valence-electron chi connectivity index (χ1n) is 7.43. The van der Waals surface area contributed by atoms with Gasteiger partial charge in [0.2, 0.25) is 5.91 Å². The van der Waals surface area contributed by atoms with Gasteiger partial charge in [0.1, 0.15) is 5.82 Å². The molecule has 1 aliphatic rings. The molecular weight excluding hydrogens is 316 g/mol. The molecule has 0 radical (unpaired) electrons. The molecule has 0 aromatic heterocycles. The van der Waals surface area contributed by atoms with Crippen LogP contribution < -0.4 is 16.4 Å². The number of benzene rings is 2. The Morgan fingerprint density at radius 1 is 1.21 bits per heavy atom. The van der Waals surface area contributed by atoms with Crippen LogP contribution in [0.3, 0.4) is 0 Å². The molecule has 1 heterocycles. The van der Waals surface area contributed by atoms with Crippen LogP contribution in [0.4, 0.5) is 20.2 Å². The molecule has 1 fully saturated rings. The normalized spacial score (nSPS) is 20.8. The van der Waals surface area contributed by atoms with E-state index in [-0.39, 0.29) is 18.9 Å². The van der Waals surface area contributed by atoms with E-state index in [4.69, 9.17) is 16.2 Å². The Morgan fingerprint density at radius 3 is 2.67 bits per heavy atom. The molecule has 126 valence electrons. The molecule has 0 saturated carbocycles. The van der Waals surface area contributed by atoms with Gasteiger partial charge in [-0.2, -0.15) is 0 Å². The van der Waals surface area contributed by atoms with Gasteiger partial charge >= 0.3 is 0 Å². The molecule has 5 nitrogen and oxygen atoms in total. The molecule has 4 N–H and O–H groups in total. The number of alkyl halides is 1. The van der Waals surface area contributed by atoms with Gasteiger partial charge in [-0.3, -0.25) is 4.79 Å². The summed E-state index contributed by atoms with van der Waals surface area (Å²) in [5.41, 5.74) is 12.2. The molecule has 1 aliphatic heterocycles. The number of nitrogens with two attached hydrogens (primary N) is 2. The smallest absolute Gasteiger partial charge is 0.249 e. The highest BCUT2D eigenvalue weighted by atomic mass is 19.1. The lowest BCUT2D eigenvalue weighted by molar-refractivity contribution is 0.0244. The van der Waals surface area contributed by atoms with Crippen LogP contribution >= 0.6 is 0 Å². The Kier molecular flexibility index (Phi) is 4.35. The highest BCUT2D eigenvalue weighted by molar-refractivity contribution is 5.94. The Bertz CT molecular complexity index is 769. The summed E-state index contributed by atoms with van der Waals surface area (Å²) in [6.45, 7) is 0.0362. The molecule has 0 spiro atoms. The summed E-state index contributed by atoms with van der Waals surface area (Å²) in [5.74, 6) is -1.18. The lowest BCUT2D eigenvalue weighted by Crippen LogP contribution is -2.46. The number of primary amides is 1. The van der Waals surface area contributed by atoms with Crippen LogP contribution in [-0.2, 0) is 4.74 Å². The van der Waals surface area contributed by atoms with E-state index in [0.717, 1.165) is 0 Å². The van der Waals surface area contributed by atoms with E-state index < -0.39 is 24.1 Å². The van der Waals surface area contributed by atoms with Crippen molar-refractivity contribution in [1.29, 1.82) is 0 Å². The van der Waals surface area contributed by atoms with Gasteiger partial charge in [0.15, 0.2) is 6.30 Å². The number of halogens is 2. The van der Waals surface area contributed by atoms with Crippen molar-refractivity contribution in [2.45, 2.75) is 12.3 Å². The number of morpholine rings is 1. The van der Waals surface area contributed by atoms with Crippen LogP contribution in [0, 0.1) is 5.82 Å². The van der Waals surface area contributed by atoms with E-state index in [2.05, 4.69) is 0 Å². The largest absolute Gasteiger partial charge is 0.396 e. The molecule has 2 atom stereocenters. The van der Waals surface area contributed by atoms with Crippen molar-refractivity contribution in [1.82, 2.24) is 0 Å². The number of nitrogens with zero attached hydrogens (tertiary/aromatic N) is 1. The summed E-state index contributed by atoms with van der Waals surface area (Å²) in [7, 11) is 0. The molecule has 24 heavy (non-hydrogen) atoms. The minimum absolute atomic E-state index is 0.0758. The van der Waals surface area contributed by atoms with E-state index in [1.807, 2.05) is 0 Å². The zero-order chi connectivity index (χ0) is 17.3. The van der Waals surface area contributed by atoms with E-state index in [1.165, 1.54) is 23.1 Å². The first kappa shape index (κ1) is 16.2. The average Bonchev–Trinajstić information content (AvgIpc) is 2.57. The van der Waals surface area contributed by atoms with Crippen LogP contribution in [0.5, 0.6) is 0 Å². The van der Waals surface area contributed by atoms with Crippen LogP contribution in [0.2, 0.25) is 0 Å². The lowest BCUT2D eigenvalue weighted by atomic mass is 9.97. The van der Waals surface area contributed by atoms with Gasteiger partial charge in [0.25, 0.3) is 0 Å². The standard InChI is InChI=1S/C17H17F2N3O2/c18-13-6-5-10(7-14(13)20)22-15(8-24-9-16(22)19)11-3-1-2-4-12(11)17(21)23/h1-7,15-16H,8-9,20H2,(H2,21,23). The molecular formula is C17H17F2N3O2. The highest BCUT2D eigenvalue weighted by Gasteiger charge is 2.34. The zero-order valence-electron chi connectivity index (χ0n) is 12.8. The lowest BCUT2D eigenvalue weighted by Gasteiger charge is -2.40. The third-order valence-corrected chi connectivity index (χ3v) is 4.03. The first-order chi connectivity index (χ1) is 11.5. The monoisotopic (exact) mass is 333 g/mol. The summed E-state index contributed by atoms with van der Waals surface area (Å²) >= 11 is 0. The number of carbonyl (C=O) groups is 1. The number of ether oxygens (including phenoxy) is 1. The average molecular weight is 333 g/mol. The van der Waals surface area contributed by atoms with Gasteiger partial charge in [-0.1, -0.05) is 18.2 Å². The van der Waals surface area contributed by atoms with Gasteiger partial charge < -0.3 is 21.1 Å². The van der Waals surface area contributed by atoms with Crippen molar-refractivity contribution in [2.24, 2.45) is 5.73 Å². The van der Waals surface area contributed by atoms with Gasteiger partial charge in [-0.05, 0) is 29.8 Å². The third-order valence-electron chi connectivity index (χ3n) is 4.03. The predicted octanol–water partition coefficient (Wildman–Crippen LogP) is 2.38. The maximum absolute atomic E-state index is 14.6.